The maximum absolute atomic E-state index is 12.1. The van der Waals surface area contributed by atoms with Crippen molar-refractivity contribution < 1.29 is 14.3 Å². The molecule has 2 aliphatic rings. The predicted molar refractivity (Wildman–Crippen MR) is 109 cm³/mol. The third-order valence-corrected chi connectivity index (χ3v) is 4.99. The number of amides is 2. The summed E-state index contributed by atoms with van der Waals surface area (Å²) in [6, 6.07) is 9.67. The molecule has 148 valence electrons. The molecule has 0 saturated carbocycles. The van der Waals surface area contributed by atoms with Gasteiger partial charge in [0, 0.05) is 37.6 Å². The highest BCUT2D eigenvalue weighted by Gasteiger charge is 2.32. The summed E-state index contributed by atoms with van der Waals surface area (Å²) in [4.78, 5) is 30.2. The minimum absolute atomic E-state index is 0.0683. The van der Waals surface area contributed by atoms with Crippen LogP contribution in [0.1, 0.15) is 13.3 Å². The summed E-state index contributed by atoms with van der Waals surface area (Å²) in [6.07, 6.45) is -0.656. The number of carbonyl (C=O) groups is 2. The second-order valence-electron chi connectivity index (χ2n) is 6.77. The summed E-state index contributed by atoms with van der Waals surface area (Å²) in [5.74, 6) is -0.113. The molecule has 1 atom stereocenters. The molecule has 2 amide bonds. The number of anilines is 2. The highest BCUT2D eigenvalue weighted by Crippen LogP contribution is 2.25. The molecule has 0 radical (unpaired) electrons. The molecule has 1 aromatic rings. The van der Waals surface area contributed by atoms with Gasteiger partial charge in [0.05, 0.1) is 24.1 Å². The molecule has 8 nitrogen and oxygen atoms in total. The van der Waals surface area contributed by atoms with Crippen molar-refractivity contribution in [3.8, 4) is 6.07 Å². The second-order valence-corrected chi connectivity index (χ2v) is 7.38. The van der Waals surface area contributed by atoms with Crippen LogP contribution in [0, 0.1) is 11.3 Å². The zero-order valence-electron chi connectivity index (χ0n) is 15.8. The normalized spacial score (nSPS) is 19.2. The average Bonchev–Trinajstić information content (AvgIpc) is 3.07. The Morgan fingerprint density at radius 1 is 1.25 bits per heavy atom. The largest absolute Gasteiger partial charge is 0.442 e. The van der Waals surface area contributed by atoms with Gasteiger partial charge in [-0.25, -0.2) is 4.79 Å². The second kappa shape index (κ2) is 8.89. The smallest absolute Gasteiger partial charge is 0.414 e. The topological polar surface area (TPSA) is 88.9 Å². The van der Waals surface area contributed by atoms with Crippen LogP contribution in [-0.4, -0.2) is 67.3 Å². The maximum Gasteiger partial charge on any atom is 0.414 e. The van der Waals surface area contributed by atoms with Crippen molar-refractivity contribution in [1.29, 1.82) is 5.26 Å². The van der Waals surface area contributed by atoms with Crippen molar-refractivity contribution in [2.45, 2.75) is 19.4 Å². The zero-order valence-corrected chi connectivity index (χ0v) is 16.6. The lowest BCUT2D eigenvalue weighted by atomic mass is 10.2. The molecular weight excluding hydrogens is 378 g/mol. The van der Waals surface area contributed by atoms with Gasteiger partial charge in [-0.05, 0) is 31.2 Å². The van der Waals surface area contributed by atoms with E-state index in [-0.39, 0.29) is 24.5 Å². The lowest BCUT2D eigenvalue weighted by Gasteiger charge is -2.36. The molecule has 1 aromatic carbocycles. The molecule has 0 bridgehead atoms. The van der Waals surface area contributed by atoms with Crippen molar-refractivity contribution in [2.24, 2.45) is 0 Å². The van der Waals surface area contributed by atoms with Crippen LogP contribution in [0.25, 0.3) is 0 Å². The van der Waals surface area contributed by atoms with E-state index in [1.54, 1.807) is 16.7 Å². The molecular formula is C19H23N5O3S. The Bertz CT molecular complexity index is 784. The Kier molecular flexibility index (Phi) is 6.31. The summed E-state index contributed by atoms with van der Waals surface area (Å²) in [5, 5.41) is 11.7. The average molecular weight is 401 g/mol. The number of ether oxygens (including phenoxy) is 1. The predicted octanol–water partition coefficient (Wildman–Crippen LogP) is 1.51. The molecule has 2 heterocycles. The number of nitrogens with zero attached hydrogens (tertiary/aromatic N) is 4. The van der Waals surface area contributed by atoms with Crippen LogP contribution in [0.15, 0.2) is 24.3 Å². The molecule has 28 heavy (non-hydrogen) atoms. The van der Waals surface area contributed by atoms with Crippen LogP contribution in [0.5, 0.6) is 0 Å². The molecule has 0 aliphatic carbocycles. The Morgan fingerprint density at radius 2 is 1.89 bits per heavy atom. The lowest BCUT2D eigenvalue weighted by molar-refractivity contribution is -0.130. The van der Waals surface area contributed by atoms with Crippen LogP contribution in [0.2, 0.25) is 0 Å². The first-order valence-electron chi connectivity index (χ1n) is 9.20. The van der Waals surface area contributed by atoms with E-state index in [9.17, 15) is 9.59 Å². The van der Waals surface area contributed by atoms with Gasteiger partial charge < -0.3 is 19.9 Å². The highest BCUT2D eigenvalue weighted by molar-refractivity contribution is 7.80. The van der Waals surface area contributed by atoms with Crippen molar-refractivity contribution >= 4 is 40.6 Å². The lowest BCUT2D eigenvalue weighted by Crippen LogP contribution is -2.48. The number of piperazine rings is 1. The van der Waals surface area contributed by atoms with Gasteiger partial charge in [-0.1, -0.05) is 12.2 Å². The minimum atomic E-state index is -0.355. The van der Waals surface area contributed by atoms with E-state index in [0.29, 0.717) is 44.3 Å². The van der Waals surface area contributed by atoms with Gasteiger partial charge in [0.2, 0.25) is 5.91 Å². The first-order chi connectivity index (χ1) is 13.5. The Labute approximate surface area is 169 Å². The van der Waals surface area contributed by atoms with Crippen LogP contribution < -0.4 is 15.1 Å². The van der Waals surface area contributed by atoms with E-state index in [0.717, 1.165) is 11.4 Å². The number of thiocarbonyl (C=S) groups is 1. The molecule has 2 fully saturated rings. The third-order valence-electron chi connectivity index (χ3n) is 4.84. The number of hydrogen-bond acceptors (Lipinski definition) is 6. The van der Waals surface area contributed by atoms with Crippen LogP contribution in [0.4, 0.5) is 16.2 Å². The Hall–Kier alpha value is -2.86. The van der Waals surface area contributed by atoms with Gasteiger partial charge >= 0.3 is 6.09 Å². The van der Waals surface area contributed by atoms with Crippen LogP contribution in [0.3, 0.4) is 0 Å². The van der Waals surface area contributed by atoms with Gasteiger partial charge in [-0.3, -0.25) is 9.69 Å². The number of nitrogens with one attached hydrogen (secondary N) is 1. The SMILES string of the molecule is CC(=S)NC[C@H]1CN(c2ccc(N3CCN(C(=O)CC#N)CC3)cc2)C(=O)O1. The van der Waals surface area contributed by atoms with E-state index in [4.69, 9.17) is 22.2 Å². The zero-order chi connectivity index (χ0) is 20.1. The molecule has 2 saturated heterocycles. The quantitative estimate of drug-likeness (QED) is 0.748. The van der Waals surface area contributed by atoms with E-state index in [1.807, 2.05) is 30.3 Å². The molecule has 3 rings (SSSR count). The van der Waals surface area contributed by atoms with Gasteiger partial charge in [0.15, 0.2) is 0 Å². The maximum atomic E-state index is 12.1. The van der Waals surface area contributed by atoms with Crippen molar-refractivity contribution in [3.05, 3.63) is 24.3 Å². The molecule has 1 N–H and O–H groups in total. The molecule has 2 aliphatic heterocycles. The van der Waals surface area contributed by atoms with Crippen molar-refractivity contribution in [3.63, 3.8) is 0 Å². The number of nitriles is 1. The number of hydrogen-bond donors (Lipinski definition) is 1. The fraction of sp³-hybridized carbons (Fsp3) is 0.474. The molecule has 0 unspecified atom stereocenters. The summed E-state index contributed by atoms with van der Waals surface area (Å²) < 4.78 is 5.37. The van der Waals surface area contributed by atoms with E-state index < -0.39 is 0 Å². The Balaban J connectivity index is 1.56. The Morgan fingerprint density at radius 3 is 2.50 bits per heavy atom. The van der Waals surface area contributed by atoms with E-state index in [2.05, 4.69) is 10.2 Å². The molecule has 0 aromatic heterocycles. The fourth-order valence-electron chi connectivity index (χ4n) is 3.33. The summed E-state index contributed by atoms with van der Waals surface area (Å²) in [5.41, 5.74) is 1.83. The fourth-order valence-corrected chi connectivity index (χ4v) is 3.42. The van der Waals surface area contributed by atoms with Gasteiger partial charge in [-0.2, -0.15) is 5.26 Å². The van der Waals surface area contributed by atoms with Crippen molar-refractivity contribution in [2.75, 3.05) is 49.1 Å². The highest BCUT2D eigenvalue weighted by atomic mass is 32.1. The number of cyclic esters (lactones) is 1. The van der Waals surface area contributed by atoms with Gasteiger partial charge in [-0.15, -0.1) is 0 Å². The first-order valence-corrected chi connectivity index (χ1v) is 9.61. The number of benzene rings is 1. The molecule has 0 spiro atoms. The minimum Gasteiger partial charge on any atom is -0.442 e. The summed E-state index contributed by atoms with van der Waals surface area (Å²) in [6.45, 7) is 5.42. The van der Waals surface area contributed by atoms with Crippen molar-refractivity contribution in [1.82, 2.24) is 10.2 Å². The first kappa shape index (κ1) is 19.9. The number of rotatable bonds is 5. The summed E-state index contributed by atoms with van der Waals surface area (Å²) >= 11 is 4.99. The summed E-state index contributed by atoms with van der Waals surface area (Å²) in [7, 11) is 0. The number of carbonyl (C=O) groups excluding carboxylic acids is 2. The van der Waals surface area contributed by atoms with E-state index >= 15 is 0 Å². The van der Waals surface area contributed by atoms with Crippen LogP contribution in [-0.2, 0) is 9.53 Å². The molecule has 9 heteroatoms. The van der Waals surface area contributed by atoms with Gasteiger partial charge in [0.1, 0.15) is 12.5 Å². The standard InChI is InChI=1S/C19H23N5O3S/c1-14(28)21-12-17-13-24(19(26)27-17)16-4-2-15(3-5-16)22-8-10-23(11-9-22)18(25)6-7-20/h2-5,17H,6,8-13H2,1H3,(H,21,28)/t17-/m0/s1. The third kappa shape index (κ3) is 4.70. The van der Waals surface area contributed by atoms with E-state index in [1.165, 1.54) is 0 Å². The van der Waals surface area contributed by atoms with Crippen LogP contribution >= 0.6 is 12.2 Å². The monoisotopic (exact) mass is 401 g/mol. The van der Waals surface area contributed by atoms with Gasteiger partial charge in [0.25, 0.3) is 0 Å².